The summed E-state index contributed by atoms with van der Waals surface area (Å²) in [7, 11) is 0. The van der Waals surface area contributed by atoms with Crippen molar-refractivity contribution < 1.29 is 23.9 Å². The quantitative estimate of drug-likeness (QED) is 0.272. The summed E-state index contributed by atoms with van der Waals surface area (Å²) < 4.78 is 12.1. The Morgan fingerprint density at radius 2 is 1.82 bits per heavy atom. The maximum atomic E-state index is 12.7. The van der Waals surface area contributed by atoms with Crippen LogP contribution in [-0.2, 0) is 19.1 Å². The van der Waals surface area contributed by atoms with Crippen molar-refractivity contribution in [2.45, 2.75) is 40.0 Å². The molecule has 0 unspecified atom stereocenters. The lowest BCUT2D eigenvalue weighted by atomic mass is 10.0. The summed E-state index contributed by atoms with van der Waals surface area (Å²) in [6.07, 6.45) is 0.0151. The first-order chi connectivity index (χ1) is 18.5. The van der Waals surface area contributed by atoms with Gasteiger partial charge in [-0.3, -0.25) is 14.4 Å². The largest absolute Gasteiger partial charge is 0.457 e. The van der Waals surface area contributed by atoms with E-state index in [0.717, 1.165) is 21.3 Å². The minimum Gasteiger partial charge on any atom is -0.457 e. The highest BCUT2D eigenvalue weighted by Crippen LogP contribution is 2.34. The number of aryl methyl sites for hydroxylation is 1. The van der Waals surface area contributed by atoms with Crippen molar-refractivity contribution in [2.75, 3.05) is 23.4 Å². The van der Waals surface area contributed by atoms with Crippen LogP contribution >= 0.6 is 27.5 Å². The second kappa shape index (κ2) is 12.2. The lowest BCUT2D eigenvalue weighted by molar-refractivity contribution is -0.151. The Labute approximate surface area is 241 Å². The maximum absolute atomic E-state index is 12.7. The first-order valence-corrected chi connectivity index (χ1v) is 13.8. The van der Waals surface area contributed by atoms with Crippen molar-refractivity contribution in [2.24, 2.45) is 5.92 Å². The predicted octanol–water partition coefficient (Wildman–Crippen LogP) is 7.17. The third kappa shape index (κ3) is 6.81. The first kappa shape index (κ1) is 28.6. The number of halogens is 2. The Morgan fingerprint density at radius 1 is 1.10 bits per heavy atom. The van der Waals surface area contributed by atoms with Crippen molar-refractivity contribution in [3.63, 3.8) is 0 Å². The monoisotopic (exact) mass is 612 g/mol. The molecule has 1 atom stereocenters. The molecule has 2 amide bonds. The summed E-state index contributed by atoms with van der Waals surface area (Å²) >= 11 is 9.53. The molecule has 0 radical (unpaired) electrons. The van der Waals surface area contributed by atoms with Crippen LogP contribution in [0, 0.1) is 19.8 Å². The van der Waals surface area contributed by atoms with Crippen LogP contribution in [0.3, 0.4) is 0 Å². The third-order valence-corrected chi connectivity index (χ3v) is 7.96. The fraction of sp³-hybridized carbons (Fsp3) is 0.300. The van der Waals surface area contributed by atoms with Gasteiger partial charge in [0.1, 0.15) is 11.5 Å². The van der Waals surface area contributed by atoms with E-state index in [2.05, 4.69) is 47.2 Å². The Morgan fingerprint density at radius 3 is 2.51 bits per heavy atom. The van der Waals surface area contributed by atoms with Crippen LogP contribution in [0.15, 0.2) is 59.1 Å². The van der Waals surface area contributed by atoms with Crippen LogP contribution in [0.2, 0.25) is 5.02 Å². The van der Waals surface area contributed by atoms with Gasteiger partial charge in [-0.2, -0.15) is 0 Å². The summed E-state index contributed by atoms with van der Waals surface area (Å²) in [5, 5.41) is 3.18. The van der Waals surface area contributed by atoms with Crippen LogP contribution < -0.4 is 15.0 Å². The summed E-state index contributed by atoms with van der Waals surface area (Å²) in [6.45, 7) is 7.75. The molecule has 1 saturated heterocycles. The number of anilines is 2. The number of ether oxygens (including phenoxy) is 2. The molecule has 0 aromatic heterocycles. The Balaban J connectivity index is 1.33. The Hall–Kier alpha value is -3.36. The SMILES string of the molecule is Cc1ccc(C(C)C)c(Oc2ccc(N3C[C@H](C(=O)OCC(=O)Nc4ccc(Br)c(Cl)c4C)CC3=O)cc2)c1. The second-order valence-corrected chi connectivity index (χ2v) is 11.1. The van der Waals surface area contributed by atoms with E-state index in [1.54, 1.807) is 48.2 Å². The summed E-state index contributed by atoms with van der Waals surface area (Å²) in [4.78, 5) is 39.2. The van der Waals surface area contributed by atoms with Gasteiger partial charge in [0.05, 0.1) is 10.9 Å². The number of esters is 1. The number of nitrogens with one attached hydrogen (secondary N) is 1. The molecule has 39 heavy (non-hydrogen) atoms. The zero-order chi connectivity index (χ0) is 28.3. The summed E-state index contributed by atoms with van der Waals surface area (Å²) in [5.74, 6) is -0.152. The molecule has 4 rings (SSSR count). The number of hydrogen-bond donors (Lipinski definition) is 1. The molecule has 0 spiro atoms. The van der Waals surface area contributed by atoms with Crippen molar-refractivity contribution in [1.29, 1.82) is 0 Å². The molecule has 1 N–H and O–H groups in total. The molecule has 0 bridgehead atoms. The molecule has 1 fully saturated rings. The molecule has 1 aliphatic heterocycles. The number of rotatable bonds is 8. The van der Waals surface area contributed by atoms with Gasteiger partial charge in [-0.05, 0) is 94.9 Å². The number of nitrogens with zero attached hydrogens (tertiary/aromatic N) is 1. The minimum atomic E-state index is -0.661. The molecule has 3 aromatic carbocycles. The molecule has 0 saturated carbocycles. The van der Waals surface area contributed by atoms with E-state index in [-0.39, 0.29) is 18.9 Å². The van der Waals surface area contributed by atoms with Crippen LogP contribution in [0.25, 0.3) is 0 Å². The summed E-state index contributed by atoms with van der Waals surface area (Å²) in [5.41, 5.74) is 4.11. The minimum absolute atomic E-state index is 0.0151. The number of hydrogen-bond acceptors (Lipinski definition) is 5. The first-order valence-electron chi connectivity index (χ1n) is 12.6. The van der Waals surface area contributed by atoms with Crippen LogP contribution in [0.4, 0.5) is 11.4 Å². The predicted molar refractivity (Wildman–Crippen MR) is 156 cm³/mol. The van der Waals surface area contributed by atoms with Crippen LogP contribution in [0.1, 0.15) is 42.9 Å². The second-order valence-electron chi connectivity index (χ2n) is 9.89. The van der Waals surface area contributed by atoms with Gasteiger partial charge in [0.15, 0.2) is 6.61 Å². The molecule has 7 nitrogen and oxygen atoms in total. The average Bonchev–Trinajstić information content (AvgIpc) is 3.29. The number of amides is 2. The Bertz CT molecular complexity index is 1410. The molecular formula is C30H30BrClN2O5. The number of carbonyl (C=O) groups excluding carboxylic acids is 3. The normalized spacial score (nSPS) is 15.0. The topological polar surface area (TPSA) is 84.9 Å². The Kier molecular flexibility index (Phi) is 8.97. The molecule has 9 heteroatoms. The number of carbonyl (C=O) groups is 3. The molecular weight excluding hydrogens is 584 g/mol. The van der Waals surface area contributed by atoms with E-state index in [4.69, 9.17) is 21.1 Å². The molecule has 204 valence electrons. The zero-order valence-electron chi connectivity index (χ0n) is 22.2. The number of benzene rings is 3. The fourth-order valence-electron chi connectivity index (χ4n) is 4.37. The molecule has 3 aromatic rings. The van der Waals surface area contributed by atoms with Gasteiger partial charge in [0, 0.05) is 28.8 Å². The fourth-order valence-corrected chi connectivity index (χ4v) is 4.97. The van der Waals surface area contributed by atoms with Crippen LogP contribution in [0.5, 0.6) is 11.5 Å². The van der Waals surface area contributed by atoms with Gasteiger partial charge in [0.2, 0.25) is 5.91 Å². The van der Waals surface area contributed by atoms with Crippen molar-refractivity contribution in [3.8, 4) is 11.5 Å². The standard InChI is InChI=1S/C30H30BrClN2O5/c1-17(2)23-10-5-18(3)13-26(23)39-22-8-6-21(7-9-22)34-15-20(14-28(34)36)30(37)38-16-27(35)33-25-12-11-24(31)29(32)19(25)4/h5-13,17,20H,14-16H2,1-4H3,(H,33,35)/t20-/m1/s1. The van der Waals surface area contributed by atoms with Gasteiger partial charge >= 0.3 is 5.97 Å². The van der Waals surface area contributed by atoms with Gasteiger partial charge in [-0.1, -0.05) is 37.6 Å². The molecule has 1 aliphatic rings. The highest BCUT2D eigenvalue weighted by molar-refractivity contribution is 9.10. The van der Waals surface area contributed by atoms with Crippen molar-refractivity contribution in [1.82, 2.24) is 0 Å². The molecule has 0 aliphatic carbocycles. The maximum Gasteiger partial charge on any atom is 0.311 e. The van der Waals surface area contributed by atoms with Gasteiger partial charge in [-0.25, -0.2) is 0 Å². The average molecular weight is 614 g/mol. The molecule has 1 heterocycles. The highest BCUT2D eigenvalue weighted by atomic mass is 79.9. The third-order valence-electron chi connectivity index (χ3n) is 6.58. The lowest BCUT2D eigenvalue weighted by Crippen LogP contribution is -2.28. The van der Waals surface area contributed by atoms with Crippen LogP contribution in [-0.4, -0.2) is 30.9 Å². The smallest absolute Gasteiger partial charge is 0.311 e. The van der Waals surface area contributed by atoms with E-state index >= 15 is 0 Å². The van der Waals surface area contributed by atoms with E-state index in [0.29, 0.717) is 33.6 Å². The van der Waals surface area contributed by atoms with Gasteiger partial charge in [0.25, 0.3) is 5.91 Å². The zero-order valence-corrected chi connectivity index (χ0v) is 24.6. The van der Waals surface area contributed by atoms with Gasteiger partial charge in [-0.15, -0.1) is 0 Å². The van der Waals surface area contributed by atoms with E-state index < -0.39 is 24.4 Å². The lowest BCUT2D eigenvalue weighted by Gasteiger charge is -2.18. The van der Waals surface area contributed by atoms with Gasteiger partial charge < -0.3 is 19.7 Å². The van der Waals surface area contributed by atoms with E-state index in [1.807, 2.05) is 13.0 Å². The van der Waals surface area contributed by atoms with E-state index in [1.165, 1.54) is 0 Å². The van der Waals surface area contributed by atoms with E-state index in [9.17, 15) is 14.4 Å². The summed E-state index contributed by atoms with van der Waals surface area (Å²) in [6, 6.07) is 16.8. The highest BCUT2D eigenvalue weighted by Gasteiger charge is 2.36. The van der Waals surface area contributed by atoms with Crippen molar-refractivity contribution in [3.05, 3.63) is 80.8 Å². The van der Waals surface area contributed by atoms with Crippen molar-refractivity contribution >= 4 is 56.7 Å².